The van der Waals surface area contributed by atoms with Crippen LogP contribution in [0.2, 0.25) is 5.02 Å². The zero-order valence-corrected chi connectivity index (χ0v) is 19.3. The van der Waals surface area contributed by atoms with Gasteiger partial charge in [-0.25, -0.2) is 19.1 Å². The zero-order chi connectivity index (χ0) is 24.1. The fourth-order valence-electron chi connectivity index (χ4n) is 2.37. The number of carbonyl (C=O) groups is 1. The molecule has 15 heteroatoms. The number of hydrogen-bond acceptors (Lipinski definition) is 8. The standard InChI is InChI=1S/C15H10BrClFN3O2.C2H6O6S/c1-21-6-19-14-11(21)5-8(15(22)23)13(12(14)18)20-10-3-2-7(16)4-9(10)17;3-1-2-7-8-9(4,5)6/h2-6,20H,1H3,(H,22,23);3H,1-2H2,(H,4,5,6). The maximum Gasteiger partial charge on any atom is 0.424 e. The monoisotopic (exact) mass is 555 g/mol. The summed E-state index contributed by atoms with van der Waals surface area (Å²) in [6.45, 7) is -0.685. The summed E-state index contributed by atoms with van der Waals surface area (Å²) in [6, 6.07) is 6.34. The van der Waals surface area contributed by atoms with E-state index in [0.29, 0.717) is 16.2 Å². The predicted molar refractivity (Wildman–Crippen MR) is 116 cm³/mol. The first-order valence-electron chi connectivity index (χ1n) is 8.43. The van der Waals surface area contributed by atoms with Crippen molar-refractivity contribution in [2.45, 2.75) is 0 Å². The topological polar surface area (TPSA) is 160 Å². The normalized spacial score (nSPS) is 11.2. The number of anilines is 2. The molecule has 2 aromatic carbocycles. The van der Waals surface area contributed by atoms with Crippen molar-refractivity contribution in [2.24, 2.45) is 7.05 Å². The van der Waals surface area contributed by atoms with E-state index in [1.807, 2.05) is 0 Å². The van der Waals surface area contributed by atoms with E-state index in [9.17, 15) is 22.7 Å². The Morgan fingerprint density at radius 2 is 2.06 bits per heavy atom. The Balaban J connectivity index is 0.000000344. The fraction of sp³-hybridized carbons (Fsp3) is 0.176. The second-order valence-corrected chi connectivity index (χ2v) is 8.25. The van der Waals surface area contributed by atoms with E-state index in [-0.39, 0.29) is 30.0 Å². The highest BCUT2D eigenvalue weighted by atomic mass is 79.9. The van der Waals surface area contributed by atoms with Gasteiger partial charge in [-0.05, 0) is 24.3 Å². The molecule has 0 aliphatic heterocycles. The summed E-state index contributed by atoms with van der Waals surface area (Å²) in [7, 11) is -2.86. The number of imidazole rings is 1. The molecule has 0 spiro atoms. The summed E-state index contributed by atoms with van der Waals surface area (Å²) in [4.78, 5) is 19.2. The van der Waals surface area contributed by atoms with Gasteiger partial charge in [0.05, 0.1) is 40.4 Å². The molecule has 1 heterocycles. The molecule has 0 saturated carbocycles. The van der Waals surface area contributed by atoms with Gasteiger partial charge in [-0.2, -0.15) is 8.42 Å². The molecule has 4 N–H and O–H groups in total. The van der Waals surface area contributed by atoms with Gasteiger partial charge in [0.25, 0.3) is 0 Å². The molecule has 0 unspecified atom stereocenters. The van der Waals surface area contributed by atoms with Crippen molar-refractivity contribution in [1.82, 2.24) is 9.55 Å². The molecule has 0 fully saturated rings. The molecule has 3 aromatic rings. The van der Waals surface area contributed by atoms with Gasteiger partial charge in [-0.1, -0.05) is 31.9 Å². The van der Waals surface area contributed by atoms with Crippen LogP contribution in [0.3, 0.4) is 0 Å². The van der Waals surface area contributed by atoms with Gasteiger partial charge in [0, 0.05) is 11.5 Å². The number of nitrogens with one attached hydrogen (secondary N) is 1. The number of aromatic nitrogens is 2. The SMILES string of the molecule is Cn1cnc2c(F)c(Nc3ccc(Br)cc3Cl)c(C(=O)O)cc21.O=S(=O)(O)OOCCO. The highest BCUT2D eigenvalue weighted by Crippen LogP contribution is 2.34. The van der Waals surface area contributed by atoms with Gasteiger partial charge in [0.15, 0.2) is 5.82 Å². The minimum Gasteiger partial charge on any atom is -0.478 e. The second-order valence-electron chi connectivity index (χ2n) is 5.93. The Morgan fingerprint density at radius 3 is 2.62 bits per heavy atom. The van der Waals surface area contributed by atoms with E-state index in [2.05, 4.69) is 35.5 Å². The number of aliphatic hydroxyl groups excluding tert-OH is 1. The van der Waals surface area contributed by atoms with Crippen LogP contribution >= 0.6 is 27.5 Å². The van der Waals surface area contributed by atoms with Crippen LogP contribution in [-0.2, 0) is 26.7 Å². The summed E-state index contributed by atoms with van der Waals surface area (Å²) in [5.41, 5.74) is 0.512. The van der Waals surface area contributed by atoms with Crippen LogP contribution in [0.25, 0.3) is 11.0 Å². The van der Waals surface area contributed by atoms with Crippen LogP contribution in [0.15, 0.2) is 35.1 Å². The van der Waals surface area contributed by atoms with E-state index in [1.54, 1.807) is 29.8 Å². The van der Waals surface area contributed by atoms with Crippen LogP contribution in [0, 0.1) is 5.82 Å². The second kappa shape index (κ2) is 11.0. The molecular weight excluding hydrogens is 541 g/mol. The maximum atomic E-state index is 14.7. The van der Waals surface area contributed by atoms with Crippen molar-refractivity contribution >= 4 is 66.3 Å². The molecule has 0 saturated heterocycles. The Labute approximate surface area is 194 Å². The number of carboxylic acid groups (broad SMARTS) is 1. The minimum absolute atomic E-state index is 0.0910. The van der Waals surface area contributed by atoms with E-state index >= 15 is 0 Å². The van der Waals surface area contributed by atoms with Gasteiger partial charge in [0.1, 0.15) is 12.1 Å². The molecule has 11 nitrogen and oxygen atoms in total. The maximum absolute atomic E-state index is 14.7. The van der Waals surface area contributed by atoms with Gasteiger partial charge < -0.3 is 20.1 Å². The molecule has 0 aliphatic rings. The van der Waals surface area contributed by atoms with Crippen molar-refractivity contribution in [3.8, 4) is 0 Å². The molecule has 1 aromatic heterocycles. The molecule has 0 bridgehead atoms. The Hall–Kier alpha value is -2.33. The van der Waals surface area contributed by atoms with Crippen molar-refractivity contribution in [2.75, 3.05) is 18.5 Å². The lowest BCUT2D eigenvalue weighted by Gasteiger charge is -2.13. The summed E-state index contributed by atoms with van der Waals surface area (Å²) in [6.07, 6.45) is 1.43. The van der Waals surface area contributed by atoms with Crippen LogP contribution in [-0.4, -0.2) is 51.9 Å². The Bertz CT molecular complexity index is 1240. The van der Waals surface area contributed by atoms with Gasteiger partial charge in [-0.3, -0.25) is 4.55 Å². The molecule has 0 atom stereocenters. The van der Waals surface area contributed by atoms with Crippen molar-refractivity contribution < 1.29 is 41.6 Å². The first-order valence-corrected chi connectivity index (χ1v) is 11.0. The smallest absolute Gasteiger partial charge is 0.424 e. The molecular formula is C17H16BrClFN3O8S. The highest BCUT2D eigenvalue weighted by Gasteiger charge is 2.21. The van der Waals surface area contributed by atoms with Crippen molar-refractivity contribution in [1.29, 1.82) is 0 Å². The van der Waals surface area contributed by atoms with Gasteiger partial charge in [-0.15, -0.1) is 0 Å². The number of aliphatic hydroxyl groups is 1. The number of aromatic carboxylic acids is 1. The number of halogens is 3. The summed E-state index contributed by atoms with van der Waals surface area (Å²) in [5, 5.41) is 20.5. The number of fused-ring (bicyclic) bond motifs is 1. The third kappa shape index (κ3) is 6.83. The number of benzene rings is 2. The lowest BCUT2D eigenvalue weighted by molar-refractivity contribution is -0.213. The number of aryl methyl sites for hydroxylation is 1. The molecule has 3 rings (SSSR count). The van der Waals surface area contributed by atoms with E-state index in [4.69, 9.17) is 21.3 Å². The van der Waals surface area contributed by atoms with E-state index < -0.39 is 22.2 Å². The number of rotatable bonds is 7. The van der Waals surface area contributed by atoms with E-state index in [0.717, 1.165) is 4.47 Å². The van der Waals surface area contributed by atoms with Crippen LogP contribution < -0.4 is 5.32 Å². The van der Waals surface area contributed by atoms with Crippen molar-refractivity contribution in [3.05, 3.63) is 51.5 Å². The predicted octanol–water partition coefficient (Wildman–Crippen LogP) is 3.30. The summed E-state index contributed by atoms with van der Waals surface area (Å²) >= 11 is 9.38. The minimum atomic E-state index is -4.53. The lowest BCUT2D eigenvalue weighted by Crippen LogP contribution is -2.07. The summed E-state index contributed by atoms with van der Waals surface area (Å²) in [5.74, 6) is -1.98. The Kier molecular flexibility index (Phi) is 8.91. The number of nitrogens with zero attached hydrogens (tertiary/aromatic N) is 2. The first-order chi connectivity index (χ1) is 14.9. The van der Waals surface area contributed by atoms with Gasteiger partial charge >= 0.3 is 16.4 Å². The third-order valence-corrected chi connectivity index (χ3v) is 4.76. The van der Waals surface area contributed by atoms with E-state index in [1.165, 1.54) is 12.4 Å². The molecule has 0 aliphatic carbocycles. The lowest BCUT2D eigenvalue weighted by atomic mass is 10.1. The average Bonchev–Trinajstić information content (AvgIpc) is 3.06. The van der Waals surface area contributed by atoms with Crippen LogP contribution in [0.1, 0.15) is 10.4 Å². The average molecular weight is 557 g/mol. The zero-order valence-electron chi connectivity index (χ0n) is 16.1. The number of hydrogen-bond donors (Lipinski definition) is 4. The molecule has 0 amide bonds. The highest BCUT2D eigenvalue weighted by molar-refractivity contribution is 9.10. The van der Waals surface area contributed by atoms with Crippen LogP contribution in [0.4, 0.5) is 15.8 Å². The summed E-state index contributed by atoms with van der Waals surface area (Å²) < 4.78 is 47.5. The fourth-order valence-corrected chi connectivity index (χ4v) is 3.28. The van der Waals surface area contributed by atoms with Gasteiger partial charge in [0.2, 0.25) is 0 Å². The van der Waals surface area contributed by atoms with Crippen molar-refractivity contribution in [3.63, 3.8) is 0 Å². The molecule has 174 valence electrons. The quantitative estimate of drug-likeness (QED) is 0.147. The largest absolute Gasteiger partial charge is 0.478 e. The third-order valence-electron chi connectivity index (χ3n) is 3.69. The molecule has 32 heavy (non-hydrogen) atoms. The molecule has 0 radical (unpaired) electrons. The Morgan fingerprint density at radius 1 is 1.38 bits per heavy atom. The number of carboxylic acids is 1. The first kappa shape index (κ1) is 25.9. The van der Waals surface area contributed by atoms with Crippen LogP contribution in [0.5, 0.6) is 0 Å².